The SMILES string of the molecule is CC(CO)(Nc1cccc(Br)c1)c1ccc(Br)cc1F. The smallest absolute Gasteiger partial charge is 0.129 e. The fourth-order valence-corrected chi connectivity index (χ4v) is 2.75. The maximum atomic E-state index is 14.1. The molecule has 0 saturated heterocycles. The molecule has 0 amide bonds. The Morgan fingerprint density at radius 1 is 1.15 bits per heavy atom. The van der Waals surface area contributed by atoms with Crippen molar-refractivity contribution in [2.75, 3.05) is 11.9 Å². The lowest BCUT2D eigenvalue weighted by molar-refractivity contribution is 0.220. The number of benzene rings is 2. The molecule has 106 valence electrons. The zero-order chi connectivity index (χ0) is 14.8. The predicted molar refractivity (Wildman–Crippen MR) is 86.3 cm³/mol. The van der Waals surface area contributed by atoms with E-state index >= 15 is 0 Å². The second-order valence-corrected chi connectivity index (χ2v) is 6.58. The van der Waals surface area contributed by atoms with E-state index in [-0.39, 0.29) is 12.4 Å². The monoisotopic (exact) mass is 401 g/mol. The van der Waals surface area contributed by atoms with Crippen LogP contribution < -0.4 is 5.32 Å². The van der Waals surface area contributed by atoms with E-state index in [1.165, 1.54) is 6.07 Å². The molecule has 0 saturated carbocycles. The van der Waals surface area contributed by atoms with Crippen molar-refractivity contribution in [1.29, 1.82) is 0 Å². The predicted octanol–water partition coefficient (Wildman–Crippen LogP) is 4.67. The van der Waals surface area contributed by atoms with Crippen molar-refractivity contribution in [2.45, 2.75) is 12.5 Å². The van der Waals surface area contributed by atoms with Gasteiger partial charge in [0.25, 0.3) is 0 Å². The van der Waals surface area contributed by atoms with Crippen LogP contribution in [0.4, 0.5) is 10.1 Å². The Labute approximate surface area is 134 Å². The molecule has 2 aromatic rings. The number of anilines is 1. The summed E-state index contributed by atoms with van der Waals surface area (Å²) < 4.78 is 15.7. The minimum atomic E-state index is -0.897. The van der Waals surface area contributed by atoms with E-state index in [1.54, 1.807) is 19.1 Å². The fraction of sp³-hybridized carbons (Fsp3) is 0.200. The quantitative estimate of drug-likeness (QED) is 0.778. The highest BCUT2D eigenvalue weighted by atomic mass is 79.9. The lowest BCUT2D eigenvalue weighted by Crippen LogP contribution is -2.36. The van der Waals surface area contributed by atoms with Crippen molar-refractivity contribution >= 4 is 37.5 Å². The maximum Gasteiger partial charge on any atom is 0.129 e. The Balaban J connectivity index is 2.38. The summed E-state index contributed by atoms with van der Waals surface area (Å²) in [6, 6.07) is 12.4. The molecule has 20 heavy (non-hydrogen) atoms. The lowest BCUT2D eigenvalue weighted by atomic mass is 9.92. The lowest BCUT2D eigenvalue weighted by Gasteiger charge is -2.31. The standard InChI is InChI=1S/C15H14Br2FNO/c1-15(9-20,13-6-5-11(17)8-14(13)18)19-12-4-2-3-10(16)7-12/h2-8,19-20H,9H2,1H3. The van der Waals surface area contributed by atoms with E-state index in [0.717, 1.165) is 10.2 Å². The van der Waals surface area contributed by atoms with Crippen LogP contribution in [0.5, 0.6) is 0 Å². The number of nitrogens with one attached hydrogen (secondary N) is 1. The first-order chi connectivity index (χ1) is 9.44. The van der Waals surface area contributed by atoms with Gasteiger partial charge in [0, 0.05) is 20.2 Å². The molecule has 0 bridgehead atoms. The Kier molecular flexibility index (Phi) is 4.83. The molecule has 0 spiro atoms. The summed E-state index contributed by atoms with van der Waals surface area (Å²) in [5.41, 5.74) is 0.326. The number of aliphatic hydroxyl groups excluding tert-OH is 1. The van der Waals surface area contributed by atoms with Gasteiger partial charge in [-0.05, 0) is 37.3 Å². The molecular formula is C15H14Br2FNO. The summed E-state index contributed by atoms with van der Waals surface area (Å²) in [5, 5.41) is 12.9. The van der Waals surface area contributed by atoms with Gasteiger partial charge < -0.3 is 10.4 Å². The van der Waals surface area contributed by atoms with E-state index in [0.29, 0.717) is 10.0 Å². The van der Waals surface area contributed by atoms with Crippen LogP contribution in [-0.2, 0) is 5.54 Å². The third-order valence-electron chi connectivity index (χ3n) is 3.09. The zero-order valence-corrected chi connectivity index (χ0v) is 14.0. The number of hydrogen-bond donors (Lipinski definition) is 2. The first-order valence-corrected chi connectivity index (χ1v) is 7.63. The molecule has 2 nitrogen and oxygen atoms in total. The first-order valence-electron chi connectivity index (χ1n) is 6.05. The minimum absolute atomic E-state index is 0.224. The molecule has 0 aliphatic carbocycles. The molecule has 0 aromatic heterocycles. The normalized spacial score (nSPS) is 13.8. The number of rotatable bonds is 4. The van der Waals surface area contributed by atoms with Crippen LogP contribution in [0.1, 0.15) is 12.5 Å². The van der Waals surface area contributed by atoms with Crippen molar-refractivity contribution in [2.24, 2.45) is 0 Å². The van der Waals surface area contributed by atoms with Gasteiger partial charge in [-0.1, -0.05) is 44.0 Å². The Hall–Kier alpha value is -0.910. The molecule has 2 N–H and O–H groups in total. The summed E-state index contributed by atoms with van der Waals surface area (Å²) in [4.78, 5) is 0. The van der Waals surface area contributed by atoms with Crippen molar-refractivity contribution in [3.63, 3.8) is 0 Å². The third-order valence-corrected chi connectivity index (χ3v) is 4.07. The van der Waals surface area contributed by atoms with Gasteiger partial charge in [-0.25, -0.2) is 4.39 Å². The van der Waals surface area contributed by atoms with E-state index in [9.17, 15) is 9.50 Å². The van der Waals surface area contributed by atoms with Crippen LogP contribution in [0, 0.1) is 5.82 Å². The molecule has 0 heterocycles. The fourth-order valence-electron chi connectivity index (χ4n) is 2.01. The summed E-state index contributed by atoms with van der Waals surface area (Å²) in [6.45, 7) is 1.54. The van der Waals surface area contributed by atoms with Crippen LogP contribution >= 0.6 is 31.9 Å². The second kappa shape index (κ2) is 6.24. The molecule has 1 unspecified atom stereocenters. The Morgan fingerprint density at radius 3 is 2.45 bits per heavy atom. The molecule has 0 aliphatic rings. The molecule has 2 rings (SSSR count). The van der Waals surface area contributed by atoms with E-state index in [4.69, 9.17) is 0 Å². The van der Waals surface area contributed by atoms with Crippen LogP contribution in [-0.4, -0.2) is 11.7 Å². The molecule has 0 radical (unpaired) electrons. The van der Waals surface area contributed by atoms with Gasteiger partial charge in [0.1, 0.15) is 5.82 Å². The van der Waals surface area contributed by atoms with Gasteiger partial charge >= 0.3 is 0 Å². The minimum Gasteiger partial charge on any atom is -0.394 e. The first kappa shape index (κ1) is 15.5. The van der Waals surface area contributed by atoms with Crippen LogP contribution in [0.25, 0.3) is 0 Å². The summed E-state index contributed by atoms with van der Waals surface area (Å²) in [7, 11) is 0. The third kappa shape index (κ3) is 3.40. The molecule has 1 atom stereocenters. The van der Waals surface area contributed by atoms with Crippen molar-refractivity contribution < 1.29 is 9.50 Å². The van der Waals surface area contributed by atoms with Gasteiger partial charge in [-0.3, -0.25) is 0 Å². The van der Waals surface area contributed by atoms with E-state index < -0.39 is 5.54 Å². The Morgan fingerprint density at radius 2 is 1.85 bits per heavy atom. The number of aliphatic hydroxyl groups is 1. The van der Waals surface area contributed by atoms with Crippen molar-refractivity contribution in [3.05, 3.63) is 62.8 Å². The van der Waals surface area contributed by atoms with Crippen molar-refractivity contribution in [3.8, 4) is 0 Å². The van der Waals surface area contributed by atoms with Gasteiger partial charge in [0.2, 0.25) is 0 Å². The highest BCUT2D eigenvalue weighted by Crippen LogP contribution is 2.30. The topological polar surface area (TPSA) is 32.3 Å². The number of halogens is 3. The summed E-state index contributed by atoms with van der Waals surface area (Å²) in [6.07, 6.45) is 0. The van der Waals surface area contributed by atoms with Gasteiger partial charge in [0.05, 0.1) is 12.1 Å². The highest BCUT2D eigenvalue weighted by molar-refractivity contribution is 9.10. The number of hydrogen-bond acceptors (Lipinski definition) is 2. The van der Waals surface area contributed by atoms with Crippen molar-refractivity contribution in [1.82, 2.24) is 0 Å². The average Bonchev–Trinajstić information content (AvgIpc) is 2.38. The molecule has 0 aliphatic heterocycles. The Bertz CT molecular complexity index is 621. The molecule has 0 fully saturated rings. The van der Waals surface area contributed by atoms with E-state index in [1.807, 2.05) is 24.3 Å². The van der Waals surface area contributed by atoms with Crippen LogP contribution in [0.3, 0.4) is 0 Å². The zero-order valence-electron chi connectivity index (χ0n) is 10.8. The molecular weight excluding hydrogens is 389 g/mol. The van der Waals surface area contributed by atoms with E-state index in [2.05, 4.69) is 37.2 Å². The maximum absolute atomic E-state index is 14.1. The summed E-state index contributed by atoms with van der Waals surface area (Å²) in [5.74, 6) is -0.363. The van der Waals surface area contributed by atoms with Gasteiger partial charge in [-0.2, -0.15) is 0 Å². The van der Waals surface area contributed by atoms with Crippen LogP contribution in [0.15, 0.2) is 51.4 Å². The summed E-state index contributed by atoms with van der Waals surface area (Å²) >= 11 is 6.62. The molecule has 5 heteroatoms. The second-order valence-electron chi connectivity index (χ2n) is 4.75. The average molecular weight is 403 g/mol. The van der Waals surface area contributed by atoms with Gasteiger partial charge in [0.15, 0.2) is 0 Å². The van der Waals surface area contributed by atoms with Gasteiger partial charge in [-0.15, -0.1) is 0 Å². The molecule has 2 aromatic carbocycles. The highest BCUT2D eigenvalue weighted by Gasteiger charge is 2.28. The van der Waals surface area contributed by atoms with Crippen LogP contribution in [0.2, 0.25) is 0 Å². The largest absolute Gasteiger partial charge is 0.394 e.